The zero-order valence-corrected chi connectivity index (χ0v) is 13.6. The van der Waals surface area contributed by atoms with E-state index >= 15 is 0 Å². The summed E-state index contributed by atoms with van der Waals surface area (Å²) >= 11 is 3.37. The first-order valence-electron chi connectivity index (χ1n) is 6.92. The van der Waals surface area contributed by atoms with Crippen LogP contribution >= 0.6 is 15.9 Å². The van der Waals surface area contributed by atoms with Crippen LogP contribution < -0.4 is 5.32 Å². The molecular weight excluding hydrogens is 334 g/mol. The number of benzene rings is 1. The van der Waals surface area contributed by atoms with Crippen LogP contribution in [0, 0.1) is 5.92 Å². The molecule has 1 N–H and O–H groups in total. The molecule has 1 saturated heterocycles. The molecule has 1 aromatic rings. The molecule has 0 unspecified atom stereocenters. The van der Waals surface area contributed by atoms with E-state index in [1.54, 1.807) is 0 Å². The van der Waals surface area contributed by atoms with Gasteiger partial charge in [0.1, 0.15) is 0 Å². The van der Waals surface area contributed by atoms with Gasteiger partial charge in [0.15, 0.2) is 17.8 Å². The van der Waals surface area contributed by atoms with E-state index in [0.29, 0.717) is 12.8 Å². The van der Waals surface area contributed by atoms with Crippen LogP contribution in [0.3, 0.4) is 0 Å². The Balaban J connectivity index is 1.88. The molecule has 1 heterocycles. The molecule has 5 heteroatoms. The minimum Gasteiger partial charge on any atom is -0.465 e. The summed E-state index contributed by atoms with van der Waals surface area (Å²) in [6.07, 6.45) is 1.92. The van der Waals surface area contributed by atoms with Gasteiger partial charge in [0.25, 0.3) is 5.91 Å². The Morgan fingerprint density at radius 3 is 2.62 bits per heavy atom. The maximum absolute atomic E-state index is 11.9. The van der Waals surface area contributed by atoms with Crippen LogP contribution in [-0.4, -0.2) is 17.8 Å². The molecule has 1 aliphatic heterocycles. The Morgan fingerprint density at radius 1 is 1.38 bits per heavy atom. The third kappa shape index (κ3) is 4.43. The molecular formula is C16H18BrNO3. The number of ketones is 1. The van der Waals surface area contributed by atoms with E-state index < -0.39 is 6.10 Å². The van der Waals surface area contributed by atoms with E-state index in [1.807, 2.05) is 38.1 Å². The Bertz CT molecular complexity index is 563. The molecule has 1 aliphatic rings. The van der Waals surface area contributed by atoms with E-state index in [2.05, 4.69) is 21.2 Å². The third-order valence-corrected chi connectivity index (χ3v) is 3.76. The van der Waals surface area contributed by atoms with Crippen LogP contribution in [0.4, 0.5) is 0 Å². The van der Waals surface area contributed by atoms with Gasteiger partial charge in [-0.05, 0) is 30.0 Å². The van der Waals surface area contributed by atoms with Crippen molar-refractivity contribution in [2.24, 2.45) is 5.92 Å². The quantitative estimate of drug-likeness (QED) is 0.829. The van der Waals surface area contributed by atoms with E-state index in [1.165, 1.54) is 6.08 Å². The van der Waals surface area contributed by atoms with Gasteiger partial charge in [0, 0.05) is 17.0 Å². The van der Waals surface area contributed by atoms with Gasteiger partial charge in [-0.25, -0.2) is 0 Å². The molecule has 0 aromatic heterocycles. The van der Waals surface area contributed by atoms with Crippen LogP contribution in [0.1, 0.15) is 25.8 Å². The van der Waals surface area contributed by atoms with Crippen molar-refractivity contribution in [3.63, 3.8) is 0 Å². The standard InChI is InChI=1S/C16H18BrNO3/c1-10(2)15-16(20)18-14(21-15)9-13(19)8-5-11-3-6-12(17)7-4-11/h3-4,6-7,9-10,15H,5,8H2,1-2H3,(H,18,20)/b14-9+/t15-/m0/s1. The second kappa shape index (κ2) is 6.89. The largest absolute Gasteiger partial charge is 0.465 e. The zero-order valence-electron chi connectivity index (χ0n) is 12.1. The summed E-state index contributed by atoms with van der Waals surface area (Å²) in [6.45, 7) is 3.81. The molecule has 21 heavy (non-hydrogen) atoms. The summed E-state index contributed by atoms with van der Waals surface area (Å²) in [7, 11) is 0. The first-order valence-corrected chi connectivity index (χ1v) is 7.71. The lowest BCUT2D eigenvalue weighted by atomic mass is 10.1. The molecule has 0 spiro atoms. The predicted octanol–water partition coefficient (Wildman–Crippen LogP) is 2.96. The molecule has 112 valence electrons. The number of carbonyl (C=O) groups is 2. The second-order valence-corrected chi connectivity index (χ2v) is 6.29. The number of allylic oxidation sites excluding steroid dienone is 1. The van der Waals surface area contributed by atoms with E-state index in [9.17, 15) is 9.59 Å². The van der Waals surface area contributed by atoms with Gasteiger partial charge in [-0.3, -0.25) is 14.9 Å². The minimum absolute atomic E-state index is 0.0578. The molecule has 1 atom stereocenters. The van der Waals surface area contributed by atoms with E-state index in [4.69, 9.17) is 4.74 Å². The average molecular weight is 352 g/mol. The van der Waals surface area contributed by atoms with Crippen LogP contribution in [0.15, 0.2) is 40.7 Å². The Morgan fingerprint density at radius 2 is 2.05 bits per heavy atom. The minimum atomic E-state index is -0.504. The molecule has 0 bridgehead atoms. The number of amides is 1. The fourth-order valence-corrected chi connectivity index (χ4v) is 2.32. The van der Waals surface area contributed by atoms with Crippen molar-refractivity contribution in [1.82, 2.24) is 5.32 Å². The molecule has 1 amide bonds. The molecule has 2 rings (SSSR count). The van der Waals surface area contributed by atoms with Crippen molar-refractivity contribution in [3.05, 3.63) is 46.3 Å². The molecule has 1 aromatic carbocycles. The van der Waals surface area contributed by atoms with Crippen molar-refractivity contribution in [2.75, 3.05) is 0 Å². The highest BCUT2D eigenvalue weighted by molar-refractivity contribution is 9.10. The fraction of sp³-hybridized carbons (Fsp3) is 0.375. The van der Waals surface area contributed by atoms with Gasteiger partial charge < -0.3 is 4.74 Å². The van der Waals surface area contributed by atoms with Gasteiger partial charge in [-0.15, -0.1) is 0 Å². The van der Waals surface area contributed by atoms with Crippen molar-refractivity contribution in [1.29, 1.82) is 0 Å². The highest BCUT2D eigenvalue weighted by Gasteiger charge is 2.32. The average Bonchev–Trinajstić information content (AvgIpc) is 2.79. The second-order valence-electron chi connectivity index (χ2n) is 5.37. The van der Waals surface area contributed by atoms with Crippen molar-refractivity contribution in [3.8, 4) is 0 Å². The smallest absolute Gasteiger partial charge is 0.268 e. The maximum Gasteiger partial charge on any atom is 0.268 e. The van der Waals surface area contributed by atoms with Gasteiger partial charge in [0.05, 0.1) is 0 Å². The number of nitrogens with one attached hydrogen (secondary N) is 1. The van der Waals surface area contributed by atoms with E-state index in [-0.39, 0.29) is 23.5 Å². The number of aryl methyl sites for hydroxylation is 1. The van der Waals surface area contributed by atoms with Crippen molar-refractivity contribution in [2.45, 2.75) is 32.8 Å². The highest BCUT2D eigenvalue weighted by Crippen LogP contribution is 2.17. The lowest BCUT2D eigenvalue weighted by Crippen LogP contribution is -2.27. The van der Waals surface area contributed by atoms with Crippen LogP contribution in [0.2, 0.25) is 0 Å². The lowest BCUT2D eigenvalue weighted by Gasteiger charge is -2.10. The van der Waals surface area contributed by atoms with Crippen LogP contribution in [0.25, 0.3) is 0 Å². The first-order chi connectivity index (χ1) is 9.95. The fourth-order valence-electron chi connectivity index (χ4n) is 2.06. The van der Waals surface area contributed by atoms with Gasteiger partial charge >= 0.3 is 0 Å². The summed E-state index contributed by atoms with van der Waals surface area (Å²) in [5.41, 5.74) is 1.10. The summed E-state index contributed by atoms with van der Waals surface area (Å²) in [6, 6.07) is 7.86. The first kappa shape index (κ1) is 15.8. The number of ether oxygens (including phenoxy) is 1. The summed E-state index contributed by atoms with van der Waals surface area (Å²) in [5.74, 6) is 0.0999. The number of carbonyl (C=O) groups excluding carboxylic acids is 2. The van der Waals surface area contributed by atoms with Crippen LogP contribution in [-0.2, 0) is 20.7 Å². The summed E-state index contributed by atoms with van der Waals surface area (Å²) in [5, 5.41) is 2.59. The van der Waals surface area contributed by atoms with Gasteiger partial charge in [-0.1, -0.05) is 41.9 Å². The number of rotatable bonds is 5. The van der Waals surface area contributed by atoms with E-state index in [0.717, 1.165) is 10.0 Å². The molecule has 0 saturated carbocycles. The SMILES string of the molecule is CC(C)[C@@H]1O/C(=C/C(=O)CCc2ccc(Br)cc2)NC1=O. The number of hydrogen-bond donors (Lipinski definition) is 1. The number of halogens is 1. The molecule has 0 radical (unpaired) electrons. The summed E-state index contributed by atoms with van der Waals surface area (Å²) in [4.78, 5) is 23.5. The van der Waals surface area contributed by atoms with Crippen LogP contribution in [0.5, 0.6) is 0 Å². The molecule has 4 nitrogen and oxygen atoms in total. The predicted molar refractivity (Wildman–Crippen MR) is 83.4 cm³/mol. The highest BCUT2D eigenvalue weighted by atomic mass is 79.9. The van der Waals surface area contributed by atoms with Crippen molar-refractivity contribution >= 4 is 27.6 Å². The van der Waals surface area contributed by atoms with Gasteiger partial charge in [-0.2, -0.15) is 0 Å². The monoisotopic (exact) mass is 351 g/mol. The topological polar surface area (TPSA) is 55.4 Å². The Kier molecular flexibility index (Phi) is 5.17. The summed E-state index contributed by atoms with van der Waals surface area (Å²) < 4.78 is 6.46. The Hall–Kier alpha value is -1.62. The lowest BCUT2D eigenvalue weighted by molar-refractivity contribution is -0.125. The van der Waals surface area contributed by atoms with Gasteiger partial charge in [0.2, 0.25) is 0 Å². The number of hydrogen-bond acceptors (Lipinski definition) is 3. The zero-order chi connectivity index (χ0) is 15.4. The Labute approximate surface area is 132 Å². The normalized spacial score (nSPS) is 19.7. The third-order valence-electron chi connectivity index (χ3n) is 3.23. The molecule has 1 fully saturated rings. The maximum atomic E-state index is 11.9. The van der Waals surface area contributed by atoms with Crippen molar-refractivity contribution < 1.29 is 14.3 Å². The molecule has 0 aliphatic carbocycles.